The minimum atomic E-state index is 0.712. The van der Waals surface area contributed by atoms with Gasteiger partial charge in [-0.1, -0.05) is 30.3 Å². The summed E-state index contributed by atoms with van der Waals surface area (Å²) in [6.07, 6.45) is 1.32. The molecule has 0 radical (unpaired) electrons. The number of nitrogens with one attached hydrogen (secondary N) is 3. The number of benzene rings is 3. The van der Waals surface area contributed by atoms with E-state index in [-0.39, 0.29) is 0 Å². The van der Waals surface area contributed by atoms with Crippen LogP contribution >= 0.6 is 0 Å². The Labute approximate surface area is 177 Å². The topological polar surface area (TPSA) is 94.1 Å². The van der Waals surface area contributed by atoms with E-state index < -0.39 is 0 Å². The normalized spacial score (nSPS) is 11.5. The third-order valence-corrected chi connectivity index (χ3v) is 5.52. The molecule has 6 heteroatoms. The summed E-state index contributed by atoms with van der Waals surface area (Å²) in [6.45, 7) is 2.07. The minimum Gasteiger partial charge on any atom is -0.338 e. The molecule has 3 N–H and O–H groups in total. The lowest BCUT2D eigenvalue weighted by atomic mass is 10.1. The molecular formula is C25H18N6. The number of rotatable bonds is 3. The lowest BCUT2D eigenvalue weighted by molar-refractivity contribution is 1.27. The molecule has 0 saturated heterocycles. The van der Waals surface area contributed by atoms with Crippen molar-refractivity contribution >= 4 is 39.2 Å². The highest BCUT2D eigenvalue weighted by Gasteiger charge is 2.10. The van der Waals surface area contributed by atoms with Crippen LogP contribution in [0.15, 0.2) is 66.7 Å². The summed E-state index contributed by atoms with van der Waals surface area (Å²) >= 11 is 0. The van der Waals surface area contributed by atoms with Gasteiger partial charge in [0, 0.05) is 17.2 Å². The number of hydrogen-bond donors (Lipinski definition) is 3. The Morgan fingerprint density at radius 3 is 2.32 bits per heavy atom. The first-order valence-corrected chi connectivity index (χ1v) is 10.0. The Kier molecular flexibility index (Phi) is 3.73. The number of imidazole rings is 2. The maximum Gasteiger partial charge on any atom is 0.157 e. The molecule has 0 saturated carbocycles. The van der Waals surface area contributed by atoms with Crippen LogP contribution in [0.1, 0.15) is 11.1 Å². The predicted molar refractivity (Wildman–Crippen MR) is 125 cm³/mol. The number of fused-ring (bicyclic) bond motifs is 3. The number of H-pyrrole nitrogens is 2. The molecule has 0 aliphatic rings. The number of aromatic amines is 2. The van der Waals surface area contributed by atoms with Crippen molar-refractivity contribution in [1.29, 1.82) is 5.41 Å². The van der Waals surface area contributed by atoms with Crippen LogP contribution in [-0.4, -0.2) is 31.1 Å². The first-order chi connectivity index (χ1) is 15.2. The van der Waals surface area contributed by atoms with E-state index in [2.05, 4.69) is 64.3 Å². The Morgan fingerprint density at radius 2 is 1.45 bits per heavy atom. The number of aromatic nitrogens is 5. The summed E-state index contributed by atoms with van der Waals surface area (Å²) in [5.41, 5.74) is 8.39. The van der Waals surface area contributed by atoms with Crippen LogP contribution in [0.4, 0.5) is 0 Å². The van der Waals surface area contributed by atoms with Crippen molar-refractivity contribution in [2.45, 2.75) is 6.92 Å². The van der Waals surface area contributed by atoms with Gasteiger partial charge < -0.3 is 15.4 Å². The van der Waals surface area contributed by atoms with E-state index in [0.717, 1.165) is 55.6 Å². The van der Waals surface area contributed by atoms with Crippen molar-refractivity contribution in [3.63, 3.8) is 0 Å². The van der Waals surface area contributed by atoms with Crippen LogP contribution < -0.4 is 0 Å². The number of pyridine rings is 1. The van der Waals surface area contributed by atoms with Gasteiger partial charge in [-0.2, -0.15) is 0 Å². The van der Waals surface area contributed by atoms with Crippen molar-refractivity contribution in [2.24, 2.45) is 0 Å². The first-order valence-electron chi connectivity index (χ1n) is 10.0. The summed E-state index contributed by atoms with van der Waals surface area (Å²) in [5, 5.41) is 8.49. The van der Waals surface area contributed by atoms with Crippen molar-refractivity contribution in [3.8, 4) is 22.9 Å². The summed E-state index contributed by atoms with van der Waals surface area (Å²) in [7, 11) is 0. The van der Waals surface area contributed by atoms with Crippen molar-refractivity contribution in [1.82, 2.24) is 24.9 Å². The van der Waals surface area contributed by atoms with E-state index in [4.69, 9.17) is 15.4 Å². The van der Waals surface area contributed by atoms with E-state index in [1.165, 1.54) is 11.8 Å². The monoisotopic (exact) mass is 402 g/mol. The lowest BCUT2D eigenvalue weighted by Crippen LogP contribution is -1.88. The van der Waals surface area contributed by atoms with Gasteiger partial charge in [-0.3, -0.25) is 0 Å². The smallest absolute Gasteiger partial charge is 0.157 e. The van der Waals surface area contributed by atoms with Gasteiger partial charge >= 0.3 is 0 Å². The fourth-order valence-corrected chi connectivity index (χ4v) is 3.88. The van der Waals surface area contributed by atoms with Gasteiger partial charge in [0.25, 0.3) is 0 Å². The average Bonchev–Trinajstić information content (AvgIpc) is 3.41. The third-order valence-electron chi connectivity index (χ3n) is 5.52. The maximum atomic E-state index is 7.43. The molecular weight excluding hydrogens is 384 g/mol. The number of nitrogens with zero attached hydrogens (tertiary/aromatic N) is 3. The van der Waals surface area contributed by atoms with Gasteiger partial charge in [0.05, 0.1) is 27.6 Å². The van der Waals surface area contributed by atoms with Crippen LogP contribution in [0.25, 0.3) is 55.9 Å². The quantitative estimate of drug-likeness (QED) is 0.335. The van der Waals surface area contributed by atoms with Gasteiger partial charge in [-0.05, 0) is 54.4 Å². The van der Waals surface area contributed by atoms with Crippen molar-refractivity contribution < 1.29 is 0 Å². The van der Waals surface area contributed by atoms with Crippen LogP contribution in [0, 0.1) is 12.3 Å². The standard InChI is InChI=1S/C25H18N6/c1-14-2-7-18-22(10-14)30-24(28-18)17-5-4-16-6-9-20(27-21(16)12-17)25-29-19-8-3-15(13-26)11-23(19)31-25/h2-13,26H,1H3,(H,28,30)(H,29,31). The highest BCUT2D eigenvalue weighted by atomic mass is 15.0. The predicted octanol–water partition coefficient (Wildman–Crippen LogP) is 5.63. The molecule has 0 fully saturated rings. The van der Waals surface area contributed by atoms with Gasteiger partial charge in [0.2, 0.25) is 0 Å². The second kappa shape index (κ2) is 6.60. The molecule has 0 atom stereocenters. The Morgan fingerprint density at radius 1 is 0.710 bits per heavy atom. The third kappa shape index (κ3) is 2.97. The molecule has 3 aromatic carbocycles. The van der Waals surface area contributed by atoms with Crippen LogP contribution in [0.3, 0.4) is 0 Å². The molecule has 0 amide bonds. The molecule has 0 unspecified atom stereocenters. The molecule has 31 heavy (non-hydrogen) atoms. The fraction of sp³-hybridized carbons (Fsp3) is 0.0400. The fourth-order valence-electron chi connectivity index (χ4n) is 3.88. The summed E-state index contributed by atoms with van der Waals surface area (Å²) in [6, 6.07) is 22.2. The minimum absolute atomic E-state index is 0.712. The molecule has 6 rings (SSSR count). The zero-order valence-corrected chi connectivity index (χ0v) is 16.8. The second-order valence-electron chi connectivity index (χ2n) is 7.72. The molecule has 6 aromatic rings. The number of hydrogen-bond acceptors (Lipinski definition) is 4. The molecule has 0 spiro atoms. The molecule has 148 valence electrons. The number of aryl methyl sites for hydroxylation is 1. The van der Waals surface area contributed by atoms with Gasteiger partial charge in [-0.25, -0.2) is 15.0 Å². The van der Waals surface area contributed by atoms with Gasteiger partial charge in [0.1, 0.15) is 11.5 Å². The average molecular weight is 402 g/mol. The van der Waals surface area contributed by atoms with Gasteiger partial charge in [-0.15, -0.1) is 0 Å². The van der Waals surface area contributed by atoms with E-state index in [0.29, 0.717) is 5.82 Å². The zero-order valence-electron chi connectivity index (χ0n) is 16.8. The second-order valence-corrected chi connectivity index (χ2v) is 7.72. The SMILES string of the molecule is Cc1ccc2[nH]c(-c3ccc4ccc(-c5nc6cc(C=N)ccc6[nH]5)nc4c3)nc2c1. The summed E-state index contributed by atoms with van der Waals surface area (Å²) in [4.78, 5) is 21.0. The molecule has 0 aliphatic carbocycles. The summed E-state index contributed by atoms with van der Waals surface area (Å²) in [5.74, 6) is 1.54. The molecule has 3 aromatic heterocycles. The van der Waals surface area contributed by atoms with Gasteiger partial charge in [0.15, 0.2) is 5.82 Å². The van der Waals surface area contributed by atoms with Crippen LogP contribution in [0.2, 0.25) is 0 Å². The van der Waals surface area contributed by atoms with Crippen molar-refractivity contribution in [3.05, 3.63) is 77.9 Å². The molecule has 6 nitrogen and oxygen atoms in total. The highest BCUT2D eigenvalue weighted by Crippen LogP contribution is 2.27. The molecule has 3 heterocycles. The van der Waals surface area contributed by atoms with E-state index in [1.807, 2.05) is 24.3 Å². The largest absolute Gasteiger partial charge is 0.338 e. The first kappa shape index (κ1) is 17.5. The van der Waals surface area contributed by atoms with Crippen molar-refractivity contribution in [2.75, 3.05) is 0 Å². The molecule has 0 aliphatic heterocycles. The van der Waals surface area contributed by atoms with Crippen LogP contribution in [-0.2, 0) is 0 Å². The highest BCUT2D eigenvalue weighted by molar-refractivity contribution is 5.89. The Hall–Kier alpha value is -4.32. The Bertz CT molecular complexity index is 1620. The maximum absolute atomic E-state index is 7.43. The lowest BCUT2D eigenvalue weighted by Gasteiger charge is -2.03. The van der Waals surface area contributed by atoms with E-state index >= 15 is 0 Å². The summed E-state index contributed by atoms with van der Waals surface area (Å²) < 4.78 is 0. The van der Waals surface area contributed by atoms with E-state index in [1.54, 1.807) is 0 Å². The Balaban J connectivity index is 1.45. The van der Waals surface area contributed by atoms with Crippen LogP contribution in [0.5, 0.6) is 0 Å². The molecule has 0 bridgehead atoms. The van der Waals surface area contributed by atoms with E-state index in [9.17, 15) is 0 Å². The zero-order chi connectivity index (χ0) is 20.9.